The summed E-state index contributed by atoms with van der Waals surface area (Å²) in [5.74, 6) is 0.694. The maximum absolute atomic E-state index is 13.0. The summed E-state index contributed by atoms with van der Waals surface area (Å²) in [5.41, 5.74) is 0.0677. The zero-order valence-electron chi connectivity index (χ0n) is 11.6. The van der Waals surface area contributed by atoms with Crippen LogP contribution in [0.1, 0.15) is 24.8 Å². The molecule has 1 atom stereocenters. The molecule has 2 aliphatic rings. The molecule has 1 aliphatic heterocycles. The fourth-order valence-electron chi connectivity index (χ4n) is 2.92. The molecular formula is C15H18BrF3N2. The monoisotopic (exact) mass is 362 g/mol. The Hall–Kier alpha value is -0.750. The number of hydrogen-bond donors (Lipinski definition) is 1. The van der Waals surface area contributed by atoms with Crippen LogP contribution in [0.5, 0.6) is 0 Å². The number of alkyl halides is 3. The molecule has 1 aliphatic carbocycles. The van der Waals surface area contributed by atoms with Crippen molar-refractivity contribution in [3.8, 4) is 0 Å². The van der Waals surface area contributed by atoms with Crippen LogP contribution in [0.15, 0.2) is 22.7 Å². The van der Waals surface area contributed by atoms with Crippen LogP contribution in [0.25, 0.3) is 0 Å². The SMILES string of the molecule is FC(F)(F)c1cc(Br)cc(N2CCCNC(C3CC3)C2)c1. The molecule has 1 aromatic rings. The molecule has 6 heteroatoms. The van der Waals surface area contributed by atoms with E-state index in [1.165, 1.54) is 18.9 Å². The molecule has 0 amide bonds. The topological polar surface area (TPSA) is 15.3 Å². The molecule has 0 bridgehead atoms. The summed E-state index contributed by atoms with van der Waals surface area (Å²) in [4.78, 5) is 2.09. The van der Waals surface area contributed by atoms with E-state index in [4.69, 9.17) is 0 Å². The maximum atomic E-state index is 13.0. The maximum Gasteiger partial charge on any atom is 0.416 e. The number of anilines is 1. The molecular weight excluding hydrogens is 345 g/mol. The van der Waals surface area contributed by atoms with Gasteiger partial charge in [-0.15, -0.1) is 0 Å². The Morgan fingerprint density at radius 1 is 1.19 bits per heavy atom. The second-order valence-corrected chi connectivity index (χ2v) is 6.81. The molecule has 1 saturated heterocycles. The highest BCUT2D eigenvalue weighted by molar-refractivity contribution is 9.10. The zero-order chi connectivity index (χ0) is 15.0. The van der Waals surface area contributed by atoms with Gasteiger partial charge in [-0.3, -0.25) is 0 Å². The standard InChI is InChI=1S/C15H18BrF3N2/c16-12-6-11(15(17,18)19)7-13(8-12)21-5-1-4-20-14(9-21)10-2-3-10/h6-8,10,14,20H,1-5,9H2. The Balaban J connectivity index is 1.85. The van der Waals surface area contributed by atoms with Gasteiger partial charge in [-0.1, -0.05) is 15.9 Å². The summed E-state index contributed by atoms with van der Waals surface area (Å²) >= 11 is 3.21. The number of hydrogen-bond acceptors (Lipinski definition) is 2. The van der Waals surface area contributed by atoms with Crippen molar-refractivity contribution in [2.24, 2.45) is 5.92 Å². The van der Waals surface area contributed by atoms with E-state index in [-0.39, 0.29) is 0 Å². The molecule has 2 fully saturated rings. The zero-order valence-corrected chi connectivity index (χ0v) is 13.2. The van der Waals surface area contributed by atoms with Gasteiger partial charge in [0.15, 0.2) is 0 Å². The molecule has 3 rings (SSSR count). The molecule has 0 radical (unpaired) electrons. The van der Waals surface area contributed by atoms with Gasteiger partial charge < -0.3 is 10.2 Å². The third-order valence-corrected chi connectivity index (χ3v) is 4.65. The Kier molecular flexibility index (Phi) is 4.19. The molecule has 2 nitrogen and oxygen atoms in total. The number of rotatable bonds is 2. The van der Waals surface area contributed by atoms with Gasteiger partial charge in [-0.05, 0) is 49.9 Å². The van der Waals surface area contributed by atoms with Gasteiger partial charge in [0.05, 0.1) is 5.56 Å². The van der Waals surface area contributed by atoms with Crippen molar-refractivity contribution in [1.82, 2.24) is 5.32 Å². The van der Waals surface area contributed by atoms with E-state index in [9.17, 15) is 13.2 Å². The third-order valence-electron chi connectivity index (χ3n) is 4.19. The van der Waals surface area contributed by atoms with Gasteiger partial charge in [0.2, 0.25) is 0 Å². The molecule has 0 aromatic heterocycles. The summed E-state index contributed by atoms with van der Waals surface area (Å²) in [7, 11) is 0. The Bertz CT molecular complexity index is 514. The van der Waals surface area contributed by atoms with Crippen molar-refractivity contribution in [2.45, 2.75) is 31.5 Å². The lowest BCUT2D eigenvalue weighted by Gasteiger charge is -2.27. The highest BCUT2D eigenvalue weighted by atomic mass is 79.9. The first-order chi connectivity index (χ1) is 9.93. The number of halogens is 4. The van der Waals surface area contributed by atoms with Crippen LogP contribution < -0.4 is 10.2 Å². The third kappa shape index (κ3) is 3.72. The minimum absolute atomic E-state index is 0.404. The first-order valence-electron chi connectivity index (χ1n) is 7.29. The second-order valence-electron chi connectivity index (χ2n) is 5.89. The molecule has 116 valence electrons. The average Bonchev–Trinajstić information content (AvgIpc) is 3.23. The largest absolute Gasteiger partial charge is 0.416 e. The van der Waals surface area contributed by atoms with Crippen LogP contribution in [-0.4, -0.2) is 25.7 Å². The fourth-order valence-corrected chi connectivity index (χ4v) is 3.40. The second kappa shape index (κ2) is 5.80. The van der Waals surface area contributed by atoms with Gasteiger partial charge in [0.25, 0.3) is 0 Å². The highest BCUT2D eigenvalue weighted by Gasteiger charge is 2.34. The van der Waals surface area contributed by atoms with Gasteiger partial charge in [0, 0.05) is 29.3 Å². The molecule has 1 saturated carbocycles. The lowest BCUT2D eigenvalue weighted by atomic mass is 10.1. The first kappa shape index (κ1) is 15.2. The summed E-state index contributed by atoms with van der Waals surface area (Å²) in [6, 6.07) is 4.59. The summed E-state index contributed by atoms with van der Waals surface area (Å²) in [5, 5.41) is 3.53. The van der Waals surface area contributed by atoms with Crippen molar-refractivity contribution in [3.05, 3.63) is 28.2 Å². The summed E-state index contributed by atoms with van der Waals surface area (Å²) < 4.78 is 39.4. The van der Waals surface area contributed by atoms with Gasteiger partial charge in [0.1, 0.15) is 0 Å². The predicted octanol–water partition coefficient (Wildman–Crippen LogP) is 4.05. The molecule has 1 N–H and O–H groups in total. The lowest BCUT2D eigenvalue weighted by Crippen LogP contribution is -2.39. The van der Waals surface area contributed by atoms with E-state index in [0.717, 1.165) is 32.1 Å². The fraction of sp³-hybridized carbons (Fsp3) is 0.600. The highest BCUT2D eigenvalue weighted by Crippen LogP contribution is 2.37. The van der Waals surface area contributed by atoms with E-state index in [2.05, 4.69) is 26.1 Å². The normalized spacial score (nSPS) is 24.0. The van der Waals surface area contributed by atoms with Crippen molar-refractivity contribution < 1.29 is 13.2 Å². The lowest BCUT2D eigenvalue weighted by molar-refractivity contribution is -0.137. The summed E-state index contributed by atoms with van der Waals surface area (Å²) in [6.07, 6.45) is -0.884. The first-order valence-corrected chi connectivity index (χ1v) is 8.09. The average molecular weight is 363 g/mol. The van der Waals surface area contributed by atoms with Gasteiger partial charge in [-0.25, -0.2) is 0 Å². The van der Waals surface area contributed by atoms with Crippen molar-refractivity contribution in [1.29, 1.82) is 0 Å². The van der Waals surface area contributed by atoms with E-state index >= 15 is 0 Å². The van der Waals surface area contributed by atoms with Gasteiger partial charge >= 0.3 is 6.18 Å². The van der Waals surface area contributed by atoms with Crippen LogP contribution >= 0.6 is 15.9 Å². The van der Waals surface area contributed by atoms with Crippen LogP contribution in [0.2, 0.25) is 0 Å². The number of nitrogens with one attached hydrogen (secondary N) is 1. The minimum Gasteiger partial charge on any atom is -0.370 e. The summed E-state index contributed by atoms with van der Waals surface area (Å²) in [6.45, 7) is 2.53. The Labute approximate surface area is 130 Å². The Morgan fingerprint density at radius 3 is 2.62 bits per heavy atom. The van der Waals surface area contributed by atoms with Gasteiger partial charge in [-0.2, -0.15) is 13.2 Å². The van der Waals surface area contributed by atoms with Crippen LogP contribution in [0.4, 0.5) is 18.9 Å². The molecule has 1 heterocycles. The molecule has 1 aromatic carbocycles. The molecule has 21 heavy (non-hydrogen) atoms. The van der Waals surface area contributed by atoms with Crippen LogP contribution in [0, 0.1) is 5.92 Å². The van der Waals surface area contributed by atoms with Crippen molar-refractivity contribution >= 4 is 21.6 Å². The smallest absolute Gasteiger partial charge is 0.370 e. The number of benzene rings is 1. The van der Waals surface area contributed by atoms with Crippen LogP contribution in [-0.2, 0) is 6.18 Å². The quantitative estimate of drug-likeness (QED) is 0.853. The number of nitrogens with zero attached hydrogens (tertiary/aromatic N) is 1. The predicted molar refractivity (Wildman–Crippen MR) is 80.5 cm³/mol. The van der Waals surface area contributed by atoms with E-state index in [0.29, 0.717) is 22.1 Å². The van der Waals surface area contributed by atoms with Crippen molar-refractivity contribution in [3.63, 3.8) is 0 Å². The Morgan fingerprint density at radius 2 is 1.95 bits per heavy atom. The van der Waals surface area contributed by atoms with E-state index in [1.54, 1.807) is 6.07 Å². The van der Waals surface area contributed by atoms with Crippen molar-refractivity contribution in [2.75, 3.05) is 24.5 Å². The molecule has 0 spiro atoms. The molecule has 1 unspecified atom stereocenters. The van der Waals surface area contributed by atoms with E-state index in [1.807, 2.05) is 0 Å². The minimum atomic E-state index is -4.31. The van der Waals surface area contributed by atoms with Crippen LogP contribution in [0.3, 0.4) is 0 Å². The van der Waals surface area contributed by atoms with E-state index < -0.39 is 11.7 Å².